The van der Waals surface area contributed by atoms with E-state index in [1.807, 2.05) is 0 Å². The van der Waals surface area contributed by atoms with Crippen molar-refractivity contribution in [3.05, 3.63) is 0 Å². The molecular formula is C15H29N3O. The van der Waals surface area contributed by atoms with Gasteiger partial charge in [0, 0.05) is 13.1 Å². The zero-order chi connectivity index (χ0) is 13.6. The molecule has 2 aliphatic rings. The lowest BCUT2D eigenvalue weighted by molar-refractivity contribution is -0.127. The van der Waals surface area contributed by atoms with Crippen molar-refractivity contribution in [2.75, 3.05) is 32.7 Å². The second-order valence-electron chi connectivity index (χ2n) is 6.02. The van der Waals surface area contributed by atoms with Gasteiger partial charge < -0.3 is 15.5 Å². The molecule has 0 aliphatic carbocycles. The average molecular weight is 267 g/mol. The number of rotatable bonds is 6. The van der Waals surface area contributed by atoms with Crippen molar-refractivity contribution in [2.45, 2.75) is 57.4 Å². The summed E-state index contributed by atoms with van der Waals surface area (Å²) in [5.74, 6) is 0.226. The zero-order valence-corrected chi connectivity index (χ0v) is 12.3. The first-order valence-corrected chi connectivity index (χ1v) is 8.02. The lowest BCUT2D eigenvalue weighted by Crippen LogP contribution is -2.54. The molecule has 110 valence electrons. The van der Waals surface area contributed by atoms with Crippen LogP contribution in [0, 0.1) is 0 Å². The summed E-state index contributed by atoms with van der Waals surface area (Å²) in [6, 6.07) is 0. The molecule has 1 amide bonds. The molecule has 0 bridgehead atoms. The maximum atomic E-state index is 12.4. The van der Waals surface area contributed by atoms with Crippen LogP contribution in [0.15, 0.2) is 0 Å². The van der Waals surface area contributed by atoms with E-state index in [2.05, 4.69) is 22.5 Å². The number of amides is 1. The fourth-order valence-electron chi connectivity index (χ4n) is 3.43. The van der Waals surface area contributed by atoms with Gasteiger partial charge in [0.2, 0.25) is 5.91 Å². The van der Waals surface area contributed by atoms with Gasteiger partial charge in [0.15, 0.2) is 0 Å². The van der Waals surface area contributed by atoms with Crippen LogP contribution in [0.5, 0.6) is 0 Å². The van der Waals surface area contributed by atoms with E-state index in [1.54, 1.807) is 0 Å². The number of nitrogens with zero attached hydrogens (tertiary/aromatic N) is 1. The lowest BCUT2D eigenvalue weighted by Gasteiger charge is -2.30. The van der Waals surface area contributed by atoms with E-state index in [0.717, 1.165) is 45.3 Å². The number of hydrogen-bond donors (Lipinski definition) is 2. The number of nitrogens with one attached hydrogen (secondary N) is 2. The molecule has 2 heterocycles. The third kappa shape index (κ3) is 3.93. The van der Waals surface area contributed by atoms with Crippen LogP contribution in [0.1, 0.15) is 51.9 Å². The summed E-state index contributed by atoms with van der Waals surface area (Å²) in [6.45, 7) is 7.35. The molecule has 2 saturated heterocycles. The zero-order valence-electron chi connectivity index (χ0n) is 12.3. The largest absolute Gasteiger partial charge is 0.353 e. The Bertz CT molecular complexity index is 281. The monoisotopic (exact) mass is 267 g/mol. The van der Waals surface area contributed by atoms with E-state index in [4.69, 9.17) is 0 Å². The van der Waals surface area contributed by atoms with E-state index in [9.17, 15) is 4.79 Å². The fraction of sp³-hybridized carbons (Fsp3) is 0.933. The molecule has 2 fully saturated rings. The van der Waals surface area contributed by atoms with Gasteiger partial charge in [0.25, 0.3) is 0 Å². The number of likely N-dealkylation sites (tertiary alicyclic amines) is 1. The quantitative estimate of drug-likeness (QED) is 0.767. The highest BCUT2D eigenvalue weighted by Crippen LogP contribution is 2.24. The molecule has 0 aromatic rings. The Morgan fingerprint density at radius 1 is 1.26 bits per heavy atom. The topological polar surface area (TPSA) is 44.4 Å². The van der Waals surface area contributed by atoms with E-state index in [-0.39, 0.29) is 11.4 Å². The Labute approximate surface area is 117 Å². The molecule has 4 nitrogen and oxygen atoms in total. The van der Waals surface area contributed by atoms with Gasteiger partial charge in [-0.15, -0.1) is 0 Å². The summed E-state index contributed by atoms with van der Waals surface area (Å²) in [5.41, 5.74) is -0.267. The third-order valence-electron chi connectivity index (χ3n) is 4.52. The van der Waals surface area contributed by atoms with Crippen molar-refractivity contribution in [1.29, 1.82) is 0 Å². The summed E-state index contributed by atoms with van der Waals surface area (Å²) in [4.78, 5) is 14.9. The second-order valence-corrected chi connectivity index (χ2v) is 6.02. The summed E-state index contributed by atoms with van der Waals surface area (Å²) in [6.07, 6.45) is 8.14. The highest BCUT2D eigenvalue weighted by atomic mass is 16.2. The maximum Gasteiger partial charge on any atom is 0.240 e. The van der Waals surface area contributed by atoms with E-state index in [1.165, 1.54) is 32.4 Å². The van der Waals surface area contributed by atoms with Gasteiger partial charge >= 0.3 is 0 Å². The van der Waals surface area contributed by atoms with E-state index in [0.29, 0.717) is 0 Å². The van der Waals surface area contributed by atoms with Crippen LogP contribution in [0.25, 0.3) is 0 Å². The molecule has 19 heavy (non-hydrogen) atoms. The number of carbonyl (C=O) groups excluding carboxylic acids is 1. The lowest BCUT2D eigenvalue weighted by atomic mass is 9.91. The van der Waals surface area contributed by atoms with Crippen LogP contribution >= 0.6 is 0 Å². The molecule has 0 radical (unpaired) electrons. The van der Waals surface area contributed by atoms with Gasteiger partial charge in [-0.25, -0.2) is 0 Å². The van der Waals surface area contributed by atoms with Gasteiger partial charge in [0.1, 0.15) is 0 Å². The van der Waals surface area contributed by atoms with E-state index >= 15 is 0 Å². The first kappa shape index (κ1) is 14.8. The van der Waals surface area contributed by atoms with Crippen LogP contribution in [0.2, 0.25) is 0 Å². The predicted octanol–water partition coefficient (Wildman–Crippen LogP) is 1.51. The van der Waals surface area contributed by atoms with Crippen LogP contribution < -0.4 is 10.6 Å². The first-order chi connectivity index (χ1) is 9.27. The molecule has 4 heteroatoms. The summed E-state index contributed by atoms with van der Waals surface area (Å²) in [7, 11) is 0. The molecule has 0 aromatic carbocycles. The van der Waals surface area contributed by atoms with Crippen LogP contribution in [-0.2, 0) is 4.79 Å². The third-order valence-corrected chi connectivity index (χ3v) is 4.52. The summed E-state index contributed by atoms with van der Waals surface area (Å²) >= 11 is 0. The summed E-state index contributed by atoms with van der Waals surface area (Å²) in [5, 5.41) is 6.59. The van der Waals surface area contributed by atoms with Crippen molar-refractivity contribution in [2.24, 2.45) is 0 Å². The van der Waals surface area contributed by atoms with Crippen LogP contribution in [0.4, 0.5) is 0 Å². The SMILES string of the molecule is CCCC1(C(=O)NCCN2CCCCC2)CCCN1. The number of hydrogen-bond acceptors (Lipinski definition) is 3. The fourth-order valence-corrected chi connectivity index (χ4v) is 3.43. The molecule has 2 N–H and O–H groups in total. The Morgan fingerprint density at radius 2 is 2.05 bits per heavy atom. The van der Waals surface area contributed by atoms with Gasteiger partial charge in [-0.1, -0.05) is 19.8 Å². The van der Waals surface area contributed by atoms with Crippen molar-refractivity contribution in [3.8, 4) is 0 Å². The molecule has 1 unspecified atom stereocenters. The van der Waals surface area contributed by atoms with Crippen molar-refractivity contribution >= 4 is 5.91 Å². The van der Waals surface area contributed by atoms with Crippen molar-refractivity contribution in [3.63, 3.8) is 0 Å². The molecule has 2 rings (SSSR count). The molecule has 0 spiro atoms. The second kappa shape index (κ2) is 7.25. The average Bonchev–Trinajstić information content (AvgIpc) is 2.90. The number of piperidine rings is 1. The van der Waals surface area contributed by atoms with Gasteiger partial charge in [-0.05, 0) is 51.7 Å². The Balaban J connectivity index is 1.73. The highest BCUT2D eigenvalue weighted by Gasteiger charge is 2.39. The van der Waals surface area contributed by atoms with Gasteiger partial charge in [-0.2, -0.15) is 0 Å². The highest BCUT2D eigenvalue weighted by molar-refractivity contribution is 5.86. The smallest absolute Gasteiger partial charge is 0.240 e. The molecule has 0 aromatic heterocycles. The molecule has 1 atom stereocenters. The first-order valence-electron chi connectivity index (χ1n) is 8.02. The maximum absolute atomic E-state index is 12.4. The standard InChI is InChI=1S/C15H29N3O/c1-2-7-15(8-6-9-17-15)14(19)16-10-13-18-11-4-3-5-12-18/h17H,2-13H2,1H3,(H,16,19). The van der Waals surface area contributed by atoms with E-state index < -0.39 is 0 Å². The molecule has 0 saturated carbocycles. The van der Waals surface area contributed by atoms with Crippen LogP contribution in [-0.4, -0.2) is 49.1 Å². The van der Waals surface area contributed by atoms with Gasteiger partial charge in [0.05, 0.1) is 5.54 Å². The molecule has 2 aliphatic heterocycles. The Hall–Kier alpha value is -0.610. The molecular weight excluding hydrogens is 238 g/mol. The van der Waals surface area contributed by atoms with Gasteiger partial charge in [-0.3, -0.25) is 4.79 Å². The minimum absolute atomic E-state index is 0.226. The minimum atomic E-state index is -0.267. The normalized spacial score (nSPS) is 28.5. The van der Waals surface area contributed by atoms with Crippen molar-refractivity contribution < 1.29 is 4.79 Å². The van der Waals surface area contributed by atoms with Crippen LogP contribution in [0.3, 0.4) is 0 Å². The summed E-state index contributed by atoms with van der Waals surface area (Å²) < 4.78 is 0. The van der Waals surface area contributed by atoms with Crippen molar-refractivity contribution in [1.82, 2.24) is 15.5 Å². The Morgan fingerprint density at radius 3 is 2.68 bits per heavy atom. The Kier molecular flexibility index (Phi) is 5.64. The number of carbonyl (C=O) groups is 1. The predicted molar refractivity (Wildman–Crippen MR) is 78.2 cm³/mol. The minimum Gasteiger partial charge on any atom is -0.353 e.